The third-order valence-corrected chi connectivity index (χ3v) is 4.25. The second kappa shape index (κ2) is 8.09. The Morgan fingerprint density at radius 2 is 1.70 bits per heavy atom. The van der Waals surface area contributed by atoms with E-state index in [2.05, 4.69) is 4.72 Å². The fourth-order valence-electron chi connectivity index (χ4n) is 2.52. The normalized spacial score (nSPS) is 10.7. The molecule has 0 fully saturated rings. The van der Waals surface area contributed by atoms with Gasteiger partial charge in [0.15, 0.2) is 0 Å². The first kappa shape index (κ1) is 20.3. The molecule has 3 rings (SSSR count). The summed E-state index contributed by atoms with van der Waals surface area (Å²) in [5, 5.41) is 1.69. The number of benzene rings is 3. The van der Waals surface area contributed by atoms with Crippen molar-refractivity contribution in [3.63, 3.8) is 0 Å². The number of sulfonamides is 1. The molecule has 0 saturated heterocycles. The van der Waals surface area contributed by atoms with Gasteiger partial charge in [-0.2, -0.15) is 0 Å². The third-order valence-electron chi connectivity index (χ3n) is 3.65. The molecular weight excluding hydrogens is 366 g/mol. The Morgan fingerprint density at radius 1 is 1.00 bits per heavy atom. The van der Waals surface area contributed by atoms with Gasteiger partial charge in [0.05, 0.1) is 18.9 Å². The summed E-state index contributed by atoms with van der Waals surface area (Å²) in [6.45, 7) is 0. The van der Waals surface area contributed by atoms with Crippen molar-refractivity contribution in [3.8, 4) is 11.5 Å². The van der Waals surface area contributed by atoms with Gasteiger partial charge in [-0.05, 0) is 53.9 Å². The average molecular weight is 387 g/mol. The lowest BCUT2D eigenvalue weighted by Gasteiger charge is -2.11. The fraction of sp³-hybridized carbons (Fsp3) is 0.150. The zero-order valence-electron chi connectivity index (χ0n) is 14.2. The topological polar surface area (TPSA) is 81.7 Å². The summed E-state index contributed by atoms with van der Waals surface area (Å²) < 4.78 is 35.5. The second-order valence-electron chi connectivity index (χ2n) is 5.68. The number of ether oxygens (including phenoxy) is 2. The van der Waals surface area contributed by atoms with Gasteiger partial charge in [0.1, 0.15) is 11.5 Å². The maximum atomic E-state index is 11.7. The Hall–Kier alpha value is -3.06. The highest BCUT2D eigenvalue weighted by Gasteiger charge is 2.09. The molecule has 0 aliphatic rings. The minimum atomic E-state index is -3.32. The first-order valence-corrected chi connectivity index (χ1v) is 9.62. The van der Waals surface area contributed by atoms with Crippen LogP contribution in [0.2, 0.25) is 0 Å². The summed E-state index contributed by atoms with van der Waals surface area (Å²) in [5.41, 5.74) is 0.925. The predicted molar refractivity (Wildman–Crippen MR) is 107 cm³/mol. The smallest absolute Gasteiger partial charge is 0.337 e. The Kier molecular flexibility index (Phi) is 6.07. The maximum absolute atomic E-state index is 11.7. The summed E-state index contributed by atoms with van der Waals surface area (Å²) in [4.78, 5) is 11.7. The van der Waals surface area contributed by atoms with Gasteiger partial charge in [-0.3, -0.25) is 4.72 Å². The standard InChI is InChI=1S/C19H17NO5S.CH4/c1-24-19(21)14-6-11-17-13(12-14)4-3-5-18(17)25-16-9-7-15(8-10-16)20-26(2,22)23;/h3-12,20H,1-2H3;1H4. The molecule has 7 heteroatoms. The Morgan fingerprint density at radius 3 is 2.33 bits per heavy atom. The Balaban J connectivity index is 0.00000261. The number of rotatable bonds is 5. The first-order valence-electron chi connectivity index (χ1n) is 7.72. The average Bonchev–Trinajstić information content (AvgIpc) is 2.61. The molecule has 6 nitrogen and oxygen atoms in total. The summed E-state index contributed by atoms with van der Waals surface area (Å²) >= 11 is 0. The molecule has 0 saturated carbocycles. The largest absolute Gasteiger partial charge is 0.465 e. The molecule has 0 heterocycles. The van der Waals surface area contributed by atoms with Gasteiger partial charge in [0.25, 0.3) is 0 Å². The molecule has 27 heavy (non-hydrogen) atoms. The van der Waals surface area contributed by atoms with Gasteiger partial charge in [0, 0.05) is 11.1 Å². The second-order valence-corrected chi connectivity index (χ2v) is 7.43. The zero-order valence-corrected chi connectivity index (χ0v) is 15.0. The molecule has 0 radical (unpaired) electrons. The van der Waals surface area contributed by atoms with E-state index in [-0.39, 0.29) is 7.43 Å². The van der Waals surface area contributed by atoms with E-state index in [0.29, 0.717) is 22.7 Å². The van der Waals surface area contributed by atoms with Crippen LogP contribution in [0.25, 0.3) is 10.8 Å². The van der Waals surface area contributed by atoms with Crippen LogP contribution in [0.5, 0.6) is 11.5 Å². The molecule has 0 spiro atoms. The molecule has 1 N–H and O–H groups in total. The number of hydrogen-bond acceptors (Lipinski definition) is 5. The molecule has 3 aromatic carbocycles. The highest BCUT2D eigenvalue weighted by atomic mass is 32.2. The van der Waals surface area contributed by atoms with Crippen LogP contribution >= 0.6 is 0 Å². The fourth-order valence-corrected chi connectivity index (χ4v) is 3.08. The van der Waals surface area contributed by atoms with Crippen molar-refractivity contribution in [3.05, 3.63) is 66.2 Å². The van der Waals surface area contributed by atoms with Crippen molar-refractivity contribution in [2.75, 3.05) is 18.1 Å². The van der Waals surface area contributed by atoms with Gasteiger partial charge < -0.3 is 9.47 Å². The molecule has 0 aliphatic heterocycles. The van der Waals surface area contributed by atoms with Crippen molar-refractivity contribution in [1.82, 2.24) is 0 Å². The van der Waals surface area contributed by atoms with Crippen LogP contribution in [0.15, 0.2) is 60.7 Å². The van der Waals surface area contributed by atoms with Crippen LogP contribution in [-0.2, 0) is 14.8 Å². The summed E-state index contributed by atoms with van der Waals surface area (Å²) in [5.74, 6) is 0.795. The summed E-state index contributed by atoms with van der Waals surface area (Å²) in [7, 11) is -1.98. The molecule has 3 aromatic rings. The van der Waals surface area contributed by atoms with Crippen molar-refractivity contribution in [2.45, 2.75) is 7.43 Å². The number of anilines is 1. The van der Waals surface area contributed by atoms with Crippen molar-refractivity contribution >= 4 is 32.5 Å². The van der Waals surface area contributed by atoms with Crippen LogP contribution in [0.3, 0.4) is 0 Å². The lowest BCUT2D eigenvalue weighted by atomic mass is 10.1. The van der Waals surface area contributed by atoms with Crippen LogP contribution in [0.1, 0.15) is 17.8 Å². The third kappa shape index (κ3) is 4.98. The minimum absolute atomic E-state index is 0. The maximum Gasteiger partial charge on any atom is 0.337 e. The monoisotopic (exact) mass is 387 g/mol. The number of esters is 1. The van der Waals surface area contributed by atoms with E-state index >= 15 is 0 Å². The molecule has 142 valence electrons. The van der Waals surface area contributed by atoms with Crippen molar-refractivity contribution < 1.29 is 22.7 Å². The number of carbonyl (C=O) groups excluding carboxylic acids is 1. The highest BCUT2D eigenvalue weighted by molar-refractivity contribution is 7.92. The van der Waals surface area contributed by atoms with E-state index in [4.69, 9.17) is 9.47 Å². The number of nitrogens with one attached hydrogen (secondary N) is 1. The zero-order chi connectivity index (χ0) is 18.7. The molecule has 0 atom stereocenters. The number of fused-ring (bicyclic) bond motifs is 1. The first-order chi connectivity index (χ1) is 12.4. The lowest BCUT2D eigenvalue weighted by Crippen LogP contribution is -2.09. The summed E-state index contributed by atoms with van der Waals surface area (Å²) in [6.07, 6.45) is 1.09. The SMILES string of the molecule is C.COC(=O)c1ccc2c(Oc3ccc(NS(C)(=O)=O)cc3)cccc2c1. The molecular formula is C20H21NO5S. The highest BCUT2D eigenvalue weighted by Crippen LogP contribution is 2.31. The number of hydrogen-bond donors (Lipinski definition) is 1. The number of carbonyl (C=O) groups is 1. The molecule has 0 bridgehead atoms. The van der Waals surface area contributed by atoms with E-state index in [1.807, 2.05) is 18.2 Å². The molecule has 0 unspecified atom stereocenters. The van der Waals surface area contributed by atoms with Gasteiger partial charge in [-0.1, -0.05) is 19.6 Å². The molecule has 0 amide bonds. The van der Waals surface area contributed by atoms with E-state index in [0.717, 1.165) is 17.0 Å². The lowest BCUT2D eigenvalue weighted by molar-refractivity contribution is 0.0601. The molecule has 0 aromatic heterocycles. The van der Waals surface area contributed by atoms with Crippen LogP contribution in [0.4, 0.5) is 5.69 Å². The van der Waals surface area contributed by atoms with E-state index in [9.17, 15) is 13.2 Å². The van der Waals surface area contributed by atoms with Gasteiger partial charge in [-0.15, -0.1) is 0 Å². The van der Waals surface area contributed by atoms with Crippen LogP contribution < -0.4 is 9.46 Å². The van der Waals surface area contributed by atoms with Gasteiger partial charge in [-0.25, -0.2) is 13.2 Å². The molecule has 0 aliphatic carbocycles. The van der Waals surface area contributed by atoms with Crippen LogP contribution in [0, 0.1) is 0 Å². The summed E-state index contributed by atoms with van der Waals surface area (Å²) in [6, 6.07) is 17.4. The van der Waals surface area contributed by atoms with E-state index in [1.165, 1.54) is 7.11 Å². The Labute approximate surface area is 158 Å². The van der Waals surface area contributed by atoms with Crippen molar-refractivity contribution in [1.29, 1.82) is 0 Å². The van der Waals surface area contributed by atoms with Crippen LogP contribution in [-0.4, -0.2) is 27.8 Å². The van der Waals surface area contributed by atoms with Gasteiger partial charge in [0.2, 0.25) is 10.0 Å². The quantitative estimate of drug-likeness (QED) is 0.655. The van der Waals surface area contributed by atoms with E-state index in [1.54, 1.807) is 42.5 Å². The van der Waals surface area contributed by atoms with Crippen molar-refractivity contribution in [2.24, 2.45) is 0 Å². The van der Waals surface area contributed by atoms with E-state index < -0.39 is 16.0 Å². The minimum Gasteiger partial charge on any atom is -0.465 e. The predicted octanol–water partition coefficient (Wildman–Crippen LogP) is 4.43. The Bertz CT molecular complexity index is 1060. The van der Waals surface area contributed by atoms with Gasteiger partial charge >= 0.3 is 5.97 Å². The number of methoxy groups -OCH3 is 1.